The summed E-state index contributed by atoms with van der Waals surface area (Å²) in [5.74, 6) is -0.878. The summed E-state index contributed by atoms with van der Waals surface area (Å²) in [7, 11) is 0. The highest BCUT2D eigenvalue weighted by molar-refractivity contribution is 6.03. The maximum absolute atomic E-state index is 10.8. The van der Waals surface area contributed by atoms with Gasteiger partial charge in [-0.3, -0.25) is 4.79 Å². The summed E-state index contributed by atoms with van der Waals surface area (Å²) in [6.07, 6.45) is 0. The van der Waals surface area contributed by atoms with Gasteiger partial charge in [0.15, 0.2) is 0 Å². The van der Waals surface area contributed by atoms with Crippen LogP contribution in [0.5, 0.6) is 0 Å². The number of aromatic amines is 1. The molecule has 0 saturated heterocycles. The number of aromatic carboxylic acids is 1. The SMILES string of the molecule is O=C(O)c1cccc2ccccc12.O=c1ccc2ccccc2[nH]1. The van der Waals surface area contributed by atoms with Crippen molar-refractivity contribution >= 4 is 27.6 Å². The molecule has 0 bridgehead atoms. The molecule has 4 nitrogen and oxygen atoms in total. The molecule has 0 aliphatic carbocycles. The number of aromatic nitrogens is 1. The van der Waals surface area contributed by atoms with Crippen molar-refractivity contribution < 1.29 is 9.90 Å². The Balaban J connectivity index is 0.000000143. The minimum absolute atomic E-state index is 0.0521. The fourth-order valence-electron chi connectivity index (χ4n) is 2.51. The van der Waals surface area contributed by atoms with Crippen molar-refractivity contribution in [3.05, 3.63) is 94.8 Å². The van der Waals surface area contributed by atoms with E-state index in [1.165, 1.54) is 6.07 Å². The van der Waals surface area contributed by atoms with Crippen molar-refractivity contribution in [2.45, 2.75) is 0 Å². The highest BCUT2D eigenvalue weighted by Crippen LogP contribution is 2.17. The molecule has 0 saturated carbocycles. The van der Waals surface area contributed by atoms with E-state index in [-0.39, 0.29) is 5.56 Å². The Morgan fingerprint density at radius 3 is 2.21 bits per heavy atom. The zero-order chi connectivity index (χ0) is 16.9. The smallest absolute Gasteiger partial charge is 0.336 e. The van der Waals surface area contributed by atoms with Crippen molar-refractivity contribution in [3.63, 3.8) is 0 Å². The van der Waals surface area contributed by atoms with Crippen molar-refractivity contribution in [2.24, 2.45) is 0 Å². The number of carbonyl (C=O) groups is 1. The Morgan fingerprint density at radius 1 is 0.750 bits per heavy atom. The molecule has 4 heteroatoms. The first kappa shape index (κ1) is 15.5. The minimum Gasteiger partial charge on any atom is -0.478 e. The lowest BCUT2D eigenvalue weighted by Gasteiger charge is -2.00. The van der Waals surface area contributed by atoms with E-state index >= 15 is 0 Å². The van der Waals surface area contributed by atoms with Crippen LogP contribution in [0.2, 0.25) is 0 Å². The van der Waals surface area contributed by atoms with Crippen LogP contribution in [0.4, 0.5) is 0 Å². The van der Waals surface area contributed by atoms with Crippen LogP contribution in [0.3, 0.4) is 0 Å². The topological polar surface area (TPSA) is 70.2 Å². The lowest BCUT2D eigenvalue weighted by Crippen LogP contribution is -2.01. The van der Waals surface area contributed by atoms with Gasteiger partial charge < -0.3 is 10.1 Å². The number of hydrogen-bond acceptors (Lipinski definition) is 2. The lowest BCUT2D eigenvalue weighted by atomic mass is 10.1. The number of hydrogen-bond donors (Lipinski definition) is 2. The second kappa shape index (κ2) is 6.79. The molecule has 4 rings (SSSR count). The van der Waals surface area contributed by atoms with Crippen molar-refractivity contribution in [2.75, 3.05) is 0 Å². The molecule has 4 aromatic rings. The van der Waals surface area contributed by atoms with Crippen LogP contribution >= 0.6 is 0 Å². The highest BCUT2D eigenvalue weighted by Gasteiger charge is 2.05. The van der Waals surface area contributed by atoms with Gasteiger partial charge >= 0.3 is 5.97 Å². The molecule has 0 radical (unpaired) electrons. The van der Waals surface area contributed by atoms with Gasteiger partial charge in [-0.05, 0) is 34.4 Å². The monoisotopic (exact) mass is 317 g/mol. The molecule has 3 aromatic carbocycles. The van der Waals surface area contributed by atoms with Gasteiger partial charge in [-0.2, -0.15) is 0 Å². The molecule has 0 atom stereocenters. The molecule has 24 heavy (non-hydrogen) atoms. The lowest BCUT2D eigenvalue weighted by molar-refractivity contribution is 0.0699. The first-order valence-electron chi connectivity index (χ1n) is 7.44. The summed E-state index contributed by atoms with van der Waals surface area (Å²) in [5.41, 5.74) is 1.20. The molecular weight excluding hydrogens is 302 g/mol. The number of rotatable bonds is 1. The van der Waals surface area contributed by atoms with Crippen molar-refractivity contribution in [1.29, 1.82) is 0 Å². The Hall–Kier alpha value is -3.40. The van der Waals surface area contributed by atoms with Gasteiger partial charge in [0.25, 0.3) is 0 Å². The van der Waals surface area contributed by atoms with Gasteiger partial charge in [0, 0.05) is 11.6 Å². The molecule has 118 valence electrons. The van der Waals surface area contributed by atoms with Gasteiger partial charge in [-0.15, -0.1) is 0 Å². The van der Waals surface area contributed by atoms with Crippen LogP contribution < -0.4 is 5.56 Å². The van der Waals surface area contributed by atoms with Gasteiger partial charge in [0.05, 0.1) is 5.56 Å². The van der Waals surface area contributed by atoms with E-state index in [1.807, 2.05) is 60.7 Å². The van der Waals surface area contributed by atoms with Crippen molar-refractivity contribution in [1.82, 2.24) is 4.98 Å². The molecule has 0 unspecified atom stereocenters. The zero-order valence-corrected chi connectivity index (χ0v) is 12.8. The number of carboxylic acids is 1. The maximum Gasteiger partial charge on any atom is 0.336 e. The Labute approximate surface area is 138 Å². The number of pyridine rings is 1. The largest absolute Gasteiger partial charge is 0.478 e. The molecule has 0 amide bonds. The number of para-hydroxylation sites is 1. The van der Waals surface area contributed by atoms with E-state index in [1.54, 1.807) is 12.1 Å². The summed E-state index contributed by atoms with van der Waals surface area (Å²) < 4.78 is 0. The summed E-state index contributed by atoms with van der Waals surface area (Å²) in [4.78, 5) is 24.4. The minimum atomic E-state index is -0.878. The standard InChI is InChI=1S/C11H8O2.C9H7NO/c12-11(13)10-7-3-5-8-4-1-2-6-9(8)10;11-9-6-5-7-3-1-2-4-8(7)10-9/h1-7H,(H,12,13);1-6H,(H,10,11). The van der Waals surface area contributed by atoms with Crippen LogP contribution in [0.25, 0.3) is 21.7 Å². The zero-order valence-electron chi connectivity index (χ0n) is 12.8. The van der Waals surface area contributed by atoms with E-state index in [9.17, 15) is 9.59 Å². The van der Waals surface area contributed by atoms with Gasteiger partial charge in [0.1, 0.15) is 0 Å². The maximum atomic E-state index is 10.8. The Morgan fingerprint density at radius 2 is 1.42 bits per heavy atom. The van der Waals surface area contributed by atoms with Crippen LogP contribution in [-0.2, 0) is 0 Å². The first-order valence-corrected chi connectivity index (χ1v) is 7.44. The highest BCUT2D eigenvalue weighted by atomic mass is 16.4. The molecule has 0 spiro atoms. The fraction of sp³-hybridized carbons (Fsp3) is 0. The van der Waals surface area contributed by atoms with Gasteiger partial charge in [0.2, 0.25) is 5.56 Å². The second-order valence-corrected chi connectivity index (χ2v) is 5.24. The van der Waals surface area contributed by atoms with E-state index in [0.29, 0.717) is 5.56 Å². The van der Waals surface area contributed by atoms with Crippen molar-refractivity contribution in [3.8, 4) is 0 Å². The van der Waals surface area contributed by atoms with Crippen LogP contribution in [-0.4, -0.2) is 16.1 Å². The quantitative estimate of drug-likeness (QED) is 0.556. The number of benzene rings is 3. The average molecular weight is 317 g/mol. The predicted octanol–water partition coefficient (Wildman–Crippen LogP) is 4.07. The second-order valence-electron chi connectivity index (χ2n) is 5.24. The fourth-order valence-corrected chi connectivity index (χ4v) is 2.51. The van der Waals surface area contributed by atoms with Crippen LogP contribution in [0.15, 0.2) is 83.7 Å². The molecular formula is C20H15NO3. The van der Waals surface area contributed by atoms with Gasteiger partial charge in [-0.1, -0.05) is 54.6 Å². The molecule has 2 N–H and O–H groups in total. The molecule has 0 fully saturated rings. The molecule has 0 aliphatic rings. The summed E-state index contributed by atoms with van der Waals surface area (Å²) in [6, 6.07) is 23.8. The molecule has 1 heterocycles. The molecule has 0 aliphatic heterocycles. The number of nitrogens with one attached hydrogen (secondary N) is 1. The van der Waals surface area contributed by atoms with Crippen LogP contribution in [0.1, 0.15) is 10.4 Å². The number of H-pyrrole nitrogens is 1. The third-order valence-corrected chi connectivity index (χ3v) is 3.65. The van der Waals surface area contributed by atoms with Gasteiger partial charge in [-0.25, -0.2) is 4.79 Å². The first-order chi connectivity index (χ1) is 11.6. The number of carboxylic acid groups (broad SMARTS) is 1. The van der Waals surface area contributed by atoms with E-state index in [0.717, 1.165) is 21.7 Å². The average Bonchev–Trinajstić information content (AvgIpc) is 2.61. The van der Waals surface area contributed by atoms with E-state index in [4.69, 9.17) is 5.11 Å². The summed E-state index contributed by atoms with van der Waals surface area (Å²) >= 11 is 0. The summed E-state index contributed by atoms with van der Waals surface area (Å²) in [5, 5.41) is 11.7. The third-order valence-electron chi connectivity index (χ3n) is 3.65. The predicted molar refractivity (Wildman–Crippen MR) is 95.5 cm³/mol. The Kier molecular flexibility index (Phi) is 4.38. The molecule has 1 aromatic heterocycles. The normalized spacial score (nSPS) is 10.2. The van der Waals surface area contributed by atoms with Crippen LogP contribution in [0, 0.1) is 0 Å². The third kappa shape index (κ3) is 3.33. The van der Waals surface area contributed by atoms with E-state index in [2.05, 4.69) is 4.98 Å². The van der Waals surface area contributed by atoms with E-state index < -0.39 is 5.97 Å². The Bertz CT molecular complexity index is 1060. The number of fused-ring (bicyclic) bond motifs is 2. The summed E-state index contributed by atoms with van der Waals surface area (Å²) in [6.45, 7) is 0.